The second kappa shape index (κ2) is 3.94. The molecule has 0 spiro atoms. The number of amides is 2. The van der Waals surface area contributed by atoms with Crippen molar-refractivity contribution in [3.8, 4) is 0 Å². The van der Waals surface area contributed by atoms with E-state index in [0.717, 1.165) is 22.5 Å². The molecule has 5 nitrogen and oxygen atoms in total. The molecule has 0 unspecified atom stereocenters. The van der Waals surface area contributed by atoms with Crippen LogP contribution in [0.5, 0.6) is 0 Å². The number of carbonyl (C=O) groups is 2. The van der Waals surface area contributed by atoms with Gasteiger partial charge in [-0.05, 0) is 23.3 Å². The fourth-order valence-corrected chi connectivity index (χ4v) is 2.33. The lowest BCUT2D eigenvalue weighted by atomic mass is 10.0. The standard InChI is InChI=1S/C13H13N3O2/c1-16-11-4-2-8(6-9(11)7-13(16)18)10-3-5-12(17)15-14-10/h2,4,6H,3,5,7H2,1H3,(H,15,17). The topological polar surface area (TPSA) is 61.8 Å². The first-order valence-electron chi connectivity index (χ1n) is 5.90. The Morgan fingerprint density at radius 2 is 2.11 bits per heavy atom. The summed E-state index contributed by atoms with van der Waals surface area (Å²) in [5, 5.41) is 4.06. The summed E-state index contributed by atoms with van der Waals surface area (Å²) >= 11 is 0. The molecule has 0 fully saturated rings. The number of nitrogens with one attached hydrogen (secondary N) is 1. The zero-order valence-electron chi connectivity index (χ0n) is 10.1. The van der Waals surface area contributed by atoms with Gasteiger partial charge in [0.05, 0.1) is 12.1 Å². The molecule has 92 valence electrons. The molecule has 0 radical (unpaired) electrons. The average molecular weight is 243 g/mol. The van der Waals surface area contributed by atoms with Crippen molar-refractivity contribution >= 4 is 23.2 Å². The third-order valence-corrected chi connectivity index (χ3v) is 3.39. The summed E-state index contributed by atoms with van der Waals surface area (Å²) in [7, 11) is 1.78. The number of carbonyl (C=O) groups excluding carboxylic acids is 2. The zero-order valence-corrected chi connectivity index (χ0v) is 10.1. The number of fused-ring (bicyclic) bond motifs is 1. The minimum absolute atomic E-state index is 0.0465. The highest BCUT2D eigenvalue weighted by Gasteiger charge is 2.24. The van der Waals surface area contributed by atoms with Crippen molar-refractivity contribution in [2.75, 3.05) is 11.9 Å². The van der Waals surface area contributed by atoms with Crippen LogP contribution in [-0.4, -0.2) is 24.6 Å². The van der Waals surface area contributed by atoms with Crippen LogP contribution in [0.2, 0.25) is 0 Å². The maximum atomic E-state index is 11.6. The average Bonchev–Trinajstić information content (AvgIpc) is 2.65. The first kappa shape index (κ1) is 11.0. The number of hydrogen-bond donors (Lipinski definition) is 1. The molecule has 0 saturated heterocycles. The van der Waals surface area contributed by atoms with Crippen molar-refractivity contribution in [1.29, 1.82) is 0 Å². The molecule has 3 rings (SSSR count). The fraction of sp³-hybridized carbons (Fsp3) is 0.308. The Kier molecular flexibility index (Phi) is 2.40. The van der Waals surface area contributed by atoms with E-state index < -0.39 is 0 Å². The lowest BCUT2D eigenvalue weighted by Crippen LogP contribution is -2.25. The number of benzene rings is 1. The Labute approximate surface area is 104 Å². The van der Waals surface area contributed by atoms with Gasteiger partial charge in [-0.1, -0.05) is 6.07 Å². The molecule has 0 atom stereocenters. The minimum Gasteiger partial charge on any atom is -0.315 e. The molecule has 1 aromatic rings. The van der Waals surface area contributed by atoms with Crippen LogP contribution < -0.4 is 10.3 Å². The molecule has 1 N–H and O–H groups in total. The number of rotatable bonds is 1. The molecular formula is C13H13N3O2. The number of hydrogen-bond acceptors (Lipinski definition) is 3. The summed E-state index contributed by atoms with van der Waals surface area (Å²) in [6, 6.07) is 5.88. The van der Waals surface area contributed by atoms with Gasteiger partial charge in [0.25, 0.3) is 0 Å². The van der Waals surface area contributed by atoms with Crippen molar-refractivity contribution in [3.63, 3.8) is 0 Å². The largest absolute Gasteiger partial charge is 0.315 e. The van der Waals surface area contributed by atoms with E-state index in [2.05, 4.69) is 10.5 Å². The maximum Gasteiger partial charge on any atom is 0.240 e. The lowest BCUT2D eigenvalue weighted by molar-refractivity contribution is -0.121. The van der Waals surface area contributed by atoms with Crippen LogP contribution in [-0.2, 0) is 16.0 Å². The molecule has 2 heterocycles. The third-order valence-electron chi connectivity index (χ3n) is 3.39. The van der Waals surface area contributed by atoms with Gasteiger partial charge in [-0.15, -0.1) is 0 Å². The number of anilines is 1. The number of likely N-dealkylation sites (N-methyl/N-ethyl adjacent to an activating group) is 1. The lowest BCUT2D eigenvalue weighted by Gasteiger charge is -2.14. The van der Waals surface area contributed by atoms with Crippen LogP contribution in [0.4, 0.5) is 5.69 Å². The molecule has 2 aliphatic heterocycles. The minimum atomic E-state index is -0.0465. The van der Waals surface area contributed by atoms with Gasteiger partial charge >= 0.3 is 0 Å². The zero-order chi connectivity index (χ0) is 12.7. The van der Waals surface area contributed by atoms with Crippen LogP contribution in [0, 0.1) is 0 Å². The molecule has 1 aromatic carbocycles. The van der Waals surface area contributed by atoms with Gasteiger partial charge < -0.3 is 4.90 Å². The second-order valence-corrected chi connectivity index (χ2v) is 4.57. The summed E-state index contributed by atoms with van der Waals surface area (Å²) in [4.78, 5) is 24.3. The predicted octanol–water partition coefficient (Wildman–Crippen LogP) is 0.820. The smallest absolute Gasteiger partial charge is 0.240 e. The van der Waals surface area contributed by atoms with E-state index in [1.54, 1.807) is 11.9 Å². The number of hydrazone groups is 1. The molecule has 0 aliphatic carbocycles. The van der Waals surface area contributed by atoms with E-state index in [-0.39, 0.29) is 11.8 Å². The SMILES string of the molecule is CN1C(=O)Cc2cc(C3=NNC(=O)CC3)ccc21. The Morgan fingerprint density at radius 1 is 1.28 bits per heavy atom. The predicted molar refractivity (Wildman–Crippen MR) is 67.5 cm³/mol. The Bertz CT molecular complexity index is 578. The molecule has 5 heteroatoms. The van der Waals surface area contributed by atoms with Crippen molar-refractivity contribution < 1.29 is 9.59 Å². The van der Waals surface area contributed by atoms with Gasteiger partial charge in [-0.3, -0.25) is 9.59 Å². The summed E-state index contributed by atoms with van der Waals surface area (Å²) in [6.45, 7) is 0. The van der Waals surface area contributed by atoms with E-state index >= 15 is 0 Å². The van der Waals surface area contributed by atoms with Gasteiger partial charge in [-0.25, -0.2) is 5.43 Å². The van der Waals surface area contributed by atoms with E-state index in [0.29, 0.717) is 19.3 Å². The van der Waals surface area contributed by atoms with Crippen LogP contribution in [0.1, 0.15) is 24.0 Å². The highest BCUT2D eigenvalue weighted by atomic mass is 16.2. The van der Waals surface area contributed by atoms with Gasteiger partial charge in [0.15, 0.2) is 0 Å². The van der Waals surface area contributed by atoms with Gasteiger partial charge in [-0.2, -0.15) is 5.10 Å². The van der Waals surface area contributed by atoms with E-state index in [1.807, 2.05) is 18.2 Å². The van der Waals surface area contributed by atoms with Crippen molar-refractivity contribution in [1.82, 2.24) is 5.43 Å². The monoisotopic (exact) mass is 243 g/mol. The van der Waals surface area contributed by atoms with Gasteiger partial charge in [0.1, 0.15) is 0 Å². The van der Waals surface area contributed by atoms with Crippen molar-refractivity contribution in [2.45, 2.75) is 19.3 Å². The van der Waals surface area contributed by atoms with E-state index in [4.69, 9.17) is 0 Å². The fourth-order valence-electron chi connectivity index (χ4n) is 2.33. The molecule has 18 heavy (non-hydrogen) atoms. The quantitative estimate of drug-likeness (QED) is 0.793. The Morgan fingerprint density at radius 3 is 2.83 bits per heavy atom. The molecule has 0 bridgehead atoms. The van der Waals surface area contributed by atoms with Crippen molar-refractivity contribution in [2.24, 2.45) is 5.10 Å². The maximum absolute atomic E-state index is 11.6. The summed E-state index contributed by atoms with van der Waals surface area (Å²) in [5.41, 5.74) is 6.33. The normalized spacial score (nSPS) is 18.5. The molecule has 2 amide bonds. The Hall–Kier alpha value is -2.17. The molecule has 0 aromatic heterocycles. The first-order chi connectivity index (χ1) is 8.65. The third kappa shape index (κ3) is 1.68. The summed E-state index contributed by atoms with van der Waals surface area (Å²) < 4.78 is 0. The van der Waals surface area contributed by atoms with Crippen LogP contribution in [0.15, 0.2) is 23.3 Å². The molecular weight excluding hydrogens is 230 g/mol. The summed E-state index contributed by atoms with van der Waals surface area (Å²) in [5.74, 6) is 0.0656. The molecule has 0 saturated carbocycles. The second-order valence-electron chi connectivity index (χ2n) is 4.57. The van der Waals surface area contributed by atoms with Gasteiger partial charge in [0, 0.05) is 25.6 Å². The van der Waals surface area contributed by atoms with Gasteiger partial charge in [0.2, 0.25) is 11.8 Å². The highest BCUT2D eigenvalue weighted by molar-refractivity contribution is 6.06. The van der Waals surface area contributed by atoms with E-state index in [1.165, 1.54) is 0 Å². The van der Waals surface area contributed by atoms with Crippen molar-refractivity contribution in [3.05, 3.63) is 29.3 Å². The van der Waals surface area contributed by atoms with E-state index in [9.17, 15) is 9.59 Å². The summed E-state index contributed by atoms with van der Waals surface area (Å²) in [6.07, 6.45) is 1.56. The Balaban J connectivity index is 1.95. The molecule has 2 aliphatic rings. The number of nitrogens with zero attached hydrogens (tertiary/aromatic N) is 2. The highest BCUT2D eigenvalue weighted by Crippen LogP contribution is 2.29. The van der Waals surface area contributed by atoms with Crippen LogP contribution in [0.3, 0.4) is 0 Å². The van der Waals surface area contributed by atoms with Crippen LogP contribution in [0.25, 0.3) is 0 Å². The first-order valence-corrected chi connectivity index (χ1v) is 5.90. The van der Waals surface area contributed by atoms with Crippen LogP contribution >= 0.6 is 0 Å².